The van der Waals surface area contributed by atoms with Crippen LogP contribution < -0.4 is 23.5 Å². The van der Waals surface area contributed by atoms with Crippen molar-refractivity contribution in [2.45, 2.75) is 6.92 Å². The molecular formula is C11H14Cl2N2O2. The number of nitrogens with one attached hydrogen (secondary N) is 1. The third-order valence-corrected chi connectivity index (χ3v) is 1.98. The first-order chi connectivity index (χ1) is 7.61. The fourth-order valence-electron chi connectivity index (χ4n) is 1.08. The number of anilines is 1. The summed E-state index contributed by atoms with van der Waals surface area (Å²) in [5.74, 6) is 0.0646. The Morgan fingerprint density at radius 2 is 2.06 bits per heavy atom. The molecule has 6 heteroatoms. The number of carbonyl (C=O) groups is 1. The second-order valence-electron chi connectivity index (χ2n) is 3.05. The van der Waals surface area contributed by atoms with Crippen LogP contribution >= 0.6 is 11.6 Å². The molecule has 4 nitrogen and oxygen atoms in total. The highest BCUT2D eigenvalue weighted by atomic mass is 35.5. The maximum atomic E-state index is 11.1. The van der Waals surface area contributed by atoms with Crippen LogP contribution in [0.25, 0.3) is 0 Å². The van der Waals surface area contributed by atoms with Crippen LogP contribution in [-0.2, 0) is 9.53 Å². The summed E-state index contributed by atoms with van der Waals surface area (Å²) in [4.78, 5) is 11.1. The second kappa shape index (κ2) is 7.95. The summed E-state index contributed by atoms with van der Waals surface area (Å²) in [5, 5.41) is 3.61. The van der Waals surface area contributed by atoms with Gasteiger partial charge in [-0.1, -0.05) is 11.6 Å². The van der Waals surface area contributed by atoms with E-state index in [0.717, 1.165) is 5.69 Å². The molecule has 1 aromatic carbocycles. The molecule has 0 aromatic heterocycles. The van der Waals surface area contributed by atoms with Gasteiger partial charge in [0, 0.05) is 10.7 Å². The first-order valence-corrected chi connectivity index (χ1v) is 5.22. The number of esters is 1. The van der Waals surface area contributed by atoms with Crippen molar-refractivity contribution >= 4 is 23.3 Å². The van der Waals surface area contributed by atoms with Gasteiger partial charge in [-0.3, -0.25) is 0 Å². The topological polar surface area (TPSA) is 66.0 Å². The first kappa shape index (κ1) is 15.8. The van der Waals surface area contributed by atoms with E-state index >= 15 is 0 Å². The normalized spacial score (nSPS) is 10.4. The van der Waals surface area contributed by atoms with E-state index in [2.05, 4.69) is 11.1 Å². The molecule has 1 aromatic rings. The molecule has 0 aliphatic carbocycles. The first-order valence-electron chi connectivity index (χ1n) is 4.85. The fraction of sp³-hybridized carbons (Fsp3) is 0.182. The van der Waals surface area contributed by atoms with Crippen LogP contribution in [-0.4, -0.2) is 12.6 Å². The predicted octanol–water partition coefficient (Wildman–Crippen LogP) is -1.60. The van der Waals surface area contributed by atoms with Gasteiger partial charge in [-0.15, -0.1) is 0 Å². The van der Waals surface area contributed by atoms with E-state index in [-0.39, 0.29) is 12.4 Å². The van der Waals surface area contributed by atoms with Crippen molar-refractivity contribution in [1.82, 2.24) is 0 Å². The SMILES string of the molecule is CCOC(=O)/C=C(\[NH3+])Nc1ccc(Cl)cc1.[Cl-]. The molecule has 0 saturated carbocycles. The molecule has 0 amide bonds. The van der Waals surface area contributed by atoms with E-state index in [1.807, 2.05) is 0 Å². The third kappa shape index (κ3) is 6.16. The van der Waals surface area contributed by atoms with Gasteiger partial charge in [0.25, 0.3) is 0 Å². The van der Waals surface area contributed by atoms with Gasteiger partial charge >= 0.3 is 5.97 Å². The van der Waals surface area contributed by atoms with Crippen LogP contribution in [0, 0.1) is 0 Å². The van der Waals surface area contributed by atoms with Gasteiger partial charge < -0.3 is 28.2 Å². The summed E-state index contributed by atoms with van der Waals surface area (Å²) in [6.45, 7) is 2.10. The highest BCUT2D eigenvalue weighted by Gasteiger charge is 2.02. The minimum atomic E-state index is -0.408. The van der Waals surface area contributed by atoms with Crippen LogP contribution in [0.4, 0.5) is 5.69 Å². The molecule has 0 bridgehead atoms. The number of rotatable bonds is 4. The molecule has 0 aliphatic heterocycles. The summed E-state index contributed by atoms with van der Waals surface area (Å²) < 4.78 is 4.75. The van der Waals surface area contributed by atoms with Crippen molar-refractivity contribution in [1.29, 1.82) is 0 Å². The van der Waals surface area contributed by atoms with E-state index in [1.54, 1.807) is 31.2 Å². The zero-order chi connectivity index (χ0) is 12.0. The highest BCUT2D eigenvalue weighted by Crippen LogP contribution is 2.13. The van der Waals surface area contributed by atoms with E-state index in [1.165, 1.54) is 6.08 Å². The zero-order valence-electron chi connectivity index (χ0n) is 9.37. The summed E-state index contributed by atoms with van der Waals surface area (Å²) in [6, 6.07) is 7.10. The van der Waals surface area contributed by atoms with Crippen LogP contribution in [0.5, 0.6) is 0 Å². The van der Waals surface area contributed by atoms with Gasteiger partial charge in [0.05, 0.1) is 6.61 Å². The highest BCUT2D eigenvalue weighted by molar-refractivity contribution is 6.30. The summed E-state index contributed by atoms with van der Waals surface area (Å²) >= 11 is 5.74. The Morgan fingerprint density at radius 3 is 2.59 bits per heavy atom. The van der Waals surface area contributed by atoms with Crippen molar-refractivity contribution in [3.8, 4) is 0 Å². The Hall–Kier alpha value is -1.23. The number of hydrogen-bond donors (Lipinski definition) is 2. The predicted molar refractivity (Wildman–Crippen MR) is 62.7 cm³/mol. The molecular weight excluding hydrogens is 263 g/mol. The Balaban J connectivity index is 0.00000256. The van der Waals surface area contributed by atoms with E-state index in [4.69, 9.17) is 16.3 Å². The lowest BCUT2D eigenvalue weighted by atomic mass is 10.3. The number of ether oxygens (including phenoxy) is 1. The van der Waals surface area contributed by atoms with Crippen LogP contribution in [0.1, 0.15) is 6.92 Å². The standard InChI is InChI=1S/C11H13ClN2O2.ClH/c1-2-16-11(15)7-10(13)14-9-5-3-8(12)4-6-9;/h3-7,14H,2,13H2,1H3;1H/b10-7+;. The molecule has 0 heterocycles. The van der Waals surface area contributed by atoms with Gasteiger partial charge in [0.2, 0.25) is 5.82 Å². The Labute approximate surface area is 111 Å². The summed E-state index contributed by atoms with van der Waals surface area (Å²) in [6.07, 6.45) is 1.30. The van der Waals surface area contributed by atoms with Crippen molar-refractivity contribution in [3.63, 3.8) is 0 Å². The molecule has 0 fully saturated rings. The molecule has 0 unspecified atom stereocenters. The van der Waals surface area contributed by atoms with E-state index < -0.39 is 5.97 Å². The van der Waals surface area contributed by atoms with Gasteiger partial charge in [-0.05, 0) is 31.2 Å². The largest absolute Gasteiger partial charge is 1.00 e. The van der Waals surface area contributed by atoms with Crippen LogP contribution in [0.2, 0.25) is 5.02 Å². The lowest BCUT2D eigenvalue weighted by Crippen LogP contribution is -3.00. The van der Waals surface area contributed by atoms with Crippen molar-refractivity contribution in [2.24, 2.45) is 0 Å². The fourth-order valence-corrected chi connectivity index (χ4v) is 1.21. The van der Waals surface area contributed by atoms with Gasteiger partial charge in [-0.2, -0.15) is 0 Å². The van der Waals surface area contributed by atoms with Gasteiger partial charge in [0.1, 0.15) is 6.08 Å². The molecule has 0 saturated heterocycles. The minimum absolute atomic E-state index is 0. The number of halogens is 2. The molecule has 94 valence electrons. The number of quaternary nitrogens is 1. The zero-order valence-corrected chi connectivity index (χ0v) is 10.9. The molecule has 0 aliphatic rings. The summed E-state index contributed by atoms with van der Waals surface area (Å²) in [7, 11) is 0. The number of hydrogen-bond acceptors (Lipinski definition) is 3. The molecule has 0 atom stereocenters. The average molecular weight is 277 g/mol. The van der Waals surface area contributed by atoms with Gasteiger partial charge in [-0.25, -0.2) is 4.79 Å². The molecule has 0 spiro atoms. The van der Waals surface area contributed by atoms with Crippen LogP contribution in [0.15, 0.2) is 36.2 Å². The van der Waals surface area contributed by atoms with Crippen molar-refractivity contribution in [2.75, 3.05) is 11.9 Å². The smallest absolute Gasteiger partial charge is 0.338 e. The molecule has 4 N–H and O–H groups in total. The van der Waals surface area contributed by atoms with E-state index in [0.29, 0.717) is 17.5 Å². The van der Waals surface area contributed by atoms with Crippen molar-refractivity contribution in [3.05, 3.63) is 41.2 Å². The Kier molecular flexibility index (Phi) is 7.37. The number of carbonyl (C=O) groups excluding carboxylic acids is 1. The number of benzene rings is 1. The van der Waals surface area contributed by atoms with Crippen LogP contribution in [0.3, 0.4) is 0 Å². The molecule has 1 rings (SSSR count). The van der Waals surface area contributed by atoms with Crippen molar-refractivity contribution < 1.29 is 27.7 Å². The van der Waals surface area contributed by atoms with Gasteiger partial charge in [0.15, 0.2) is 0 Å². The lowest BCUT2D eigenvalue weighted by Gasteiger charge is -2.03. The second-order valence-corrected chi connectivity index (χ2v) is 3.49. The maximum Gasteiger partial charge on any atom is 0.338 e. The monoisotopic (exact) mass is 276 g/mol. The Bertz CT molecular complexity index is 391. The summed E-state index contributed by atoms with van der Waals surface area (Å²) in [5.41, 5.74) is 4.51. The maximum absolute atomic E-state index is 11.1. The lowest BCUT2D eigenvalue weighted by molar-refractivity contribution is -0.299. The minimum Gasteiger partial charge on any atom is -1.00 e. The van der Waals surface area contributed by atoms with E-state index in [9.17, 15) is 4.79 Å². The Morgan fingerprint density at radius 1 is 1.47 bits per heavy atom. The third-order valence-electron chi connectivity index (χ3n) is 1.73. The average Bonchev–Trinajstić information content (AvgIpc) is 2.21. The molecule has 17 heavy (non-hydrogen) atoms. The molecule has 0 radical (unpaired) electrons. The quantitative estimate of drug-likeness (QED) is 0.515.